The van der Waals surface area contributed by atoms with Gasteiger partial charge in [-0.3, -0.25) is 14.2 Å². The van der Waals surface area contributed by atoms with Crippen molar-refractivity contribution in [3.05, 3.63) is 53.5 Å². The van der Waals surface area contributed by atoms with Gasteiger partial charge >= 0.3 is 0 Å². The molecular formula is C20H20N4O6. The average molecular weight is 412 g/mol. The largest absolute Gasteiger partial charge is 0.397 e. The van der Waals surface area contributed by atoms with Crippen LogP contribution in [0.1, 0.15) is 32.5 Å². The molecule has 0 radical (unpaired) electrons. The molecule has 0 aliphatic carbocycles. The Kier molecular flexibility index (Phi) is 5.55. The fraction of sp³-hybridized carbons (Fsp3) is 0.300. The molecule has 0 spiro atoms. The molecule has 10 nitrogen and oxygen atoms in total. The second-order valence-corrected chi connectivity index (χ2v) is 6.98. The normalized spacial score (nSPS) is 23.7. The average Bonchev–Trinajstić information content (AvgIpc) is 3.31. The van der Waals surface area contributed by atoms with Crippen LogP contribution in [-0.2, 0) is 16.1 Å². The van der Waals surface area contributed by atoms with Crippen LogP contribution in [0.25, 0.3) is 11.2 Å². The van der Waals surface area contributed by atoms with Gasteiger partial charge in [-0.15, -0.1) is 0 Å². The second-order valence-electron chi connectivity index (χ2n) is 6.98. The van der Waals surface area contributed by atoms with Gasteiger partial charge in [-0.2, -0.15) is 0 Å². The van der Waals surface area contributed by atoms with Gasteiger partial charge < -0.3 is 25.4 Å². The predicted molar refractivity (Wildman–Crippen MR) is 105 cm³/mol. The number of carbonyl (C=O) groups is 2. The van der Waals surface area contributed by atoms with E-state index in [0.29, 0.717) is 40.6 Å². The summed E-state index contributed by atoms with van der Waals surface area (Å²) in [7, 11) is 0. The number of nitrogens with two attached hydrogens (primary N) is 1. The summed E-state index contributed by atoms with van der Waals surface area (Å²) < 4.78 is 12.9. The first-order valence-corrected chi connectivity index (χ1v) is 9.23. The van der Waals surface area contributed by atoms with E-state index in [2.05, 4.69) is 9.97 Å². The number of imidazole rings is 1. The zero-order valence-corrected chi connectivity index (χ0v) is 15.8. The molecule has 0 saturated carbocycles. The summed E-state index contributed by atoms with van der Waals surface area (Å²) in [5, 5.41) is 20.8. The Balaban J connectivity index is 1.43. The maximum atomic E-state index is 11.1. The number of fused-ring (bicyclic) bond motifs is 1. The molecule has 1 saturated heterocycles. The van der Waals surface area contributed by atoms with Crippen molar-refractivity contribution < 1.29 is 29.3 Å². The minimum absolute atomic E-state index is 0.00276. The molecule has 2 aromatic heterocycles. The van der Waals surface area contributed by atoms with Crippen molar-refractivity contribution >= 4 is 29.4 Å². The van der Waals surface area contributed by atoms with Gasteiger partial charge in [0, 0.05) is 17.3 Å². The molecule has 1 aliphatic rings. The summed E-state index contributed by atoms with van der Waals surface area (Å²) in [6.07, 6.45) is 0.106. The van der Waals surface area contributed by atoms with E-state index in [0.717, 1.165) is 0 Å². The zero-order valence-electron chi connectivity index (χ0n) is 15.8. The first kappa shape index (κ1) is 20.1. The van der Waals surface area contributed by atoms with Gasteiger partial charge in [-0.05, 0) is 17.7 Å². The van der Waals surface area contributed by atoms with Crippen molar-refractivity contribution in [2.45, 2.75) is 31.1 Å². The van der Waals surface area contributed by atoms with E-state index in [1.165, 1.54) is 17.1 Å². The highest BCUT2D eigenvalue weighted by molar-refractivity contribution is 5.90. The number of aliphatic hydroxyl groups is 2. The molecule has 0 bridgehead atoms. The molecule has 0 amide bonds. The number of nitrogen functional groups attached to an aromatic ring is 1. The molecule has 30 heavy (non-hydrogen) atoms. The van der Waals surface area contributed by atoms with Gasteiger partial charge in [0.25, 0.3) is 0 Å². The molecule has 3 aromatic rings. The first-order chi connectivity index (χ1) is 14.5. The maximum Gasteiger partial charge on any atom is 0.165 e. The molecule has 4 rings (SSSR count). The summed E-state index contributed by atoms with van der Waals surface area (Å²) in [5.74, 6) is 0. The molecule has 1 aromatic carbocycles. The van der Waals surface area contributed by atoms with Gasteiger partial charge in [-0.1, -0.05) is 12.1 Å². The minimum atomic E-state index is -1.22. The van der Waals surface area contributed by atoms with Gasteiger partial charge in [0.1, 0.15) is 23.8 Å². The lowest BCUT2D eigenvalue weighted by Crippen LogP contribution is -2.33. The third-order valence-corrected chi connectivity index (χ3v) is 5.06. The van der Waals surface area contributed by atoms with Crippen molar-refractivity contribution in [3.8, 4) is 0 Å². The summed E-state index contributed by atoms with van der Waals surface area (Å²) in [6, 6.07) is 6.40. The van der Waals surface area contributed by atoms with Gasteiger partial charge in [-0.25, -0.2) is 9.97 Å². The van der Waals surface area contributed by atoms with Crippen molar-refractivity contribution in [1.29, 1.82) is 0 Å². The van der Waals surface area contributed by atoms with Crippen LogP contribution in [0.4, 0.5) is 5.69 Å². The van der Waals surface area contributed by atoms with Crippen LogP contribution in [0.2, 0.25) is 0 Å². The molecule has 1 aliphatic heterocycles. The quantitative estimate of drug-likeness (QED) is 0.471. The highest BCUT2D eigenvalue weighted by Gasteiger charge is 2.44. The van der Waals surface area contributed by atoms with Crippen LogP contribution in [0.15, 0.2) is 36.8 Å². The highest BCUT2D eigenvalue weighted by Crippen LogP contribution is 2.32. The van der Waals surface area contributed by atoms with E-state index in [1.54, 1.807) is 24.3 Å². The van der Waals surface area contributed by atoms with Crippen LogP contribution in [0.5, 0.6) is 0 Å². The van der Waals surface area contributed by atoms with Crippen LogP contribution < -0.4 is 5.73 Å². The minimum Gasteiger partial charge on any atom is -0.397 e. The standard InChI is InChI=1S/C20H20N4O6/c21-14-3-4-22-19-16(14)23-10-24(19)20-18(28)17(27)15(30-20)9-29-8-11-1-2-12(6-25)13(5-11)7-26/h1-7,10,15,17-18,20,27-28H,8-9H2,(H2,21,22). The third kappa shape index (κ3) is 3.57. The number of aromatic nitrogens is 3. The van der Waals surface area contributed by atoms with Gasteiger partial charge in [0.05, 0.1) is 25.2 Å². The summed E-state index contributed by atoms with van der Waals surface area (Å²) in [4.78, 5) is 30.4. The van der Waals surface area contributed by atoms with E-state index in [9.17, 15) is 19.8 Å². The first-order valence-electron chi connectivity index (χ1n) is 9.23. The van der Waals surface area contributed by atoms with E-state index in [4.69, 9.17) is 15.2 Å². The predicted octanol–water partition coefficient (Wildman–Crippen LogP) is 0.474. The van der Waals surface area contributed by atoms with Crippen LogP contribution in [-0.4, -0.2) is 62.2 Å². The molecule has 156 valence electrons. The monoisotopic (exact) mass is 412 g/mol. The van der Waals surface area contributed by atoms with Crippen LogP contribution in [0, 0.1) is 0 Å². The number of anilines is 1. The van der Waals surface area contributed by atoms with E-state index in [-0.39, 0.29) is 18.8 Å². The maximum absolute atomic E-state index is 11.1. The number of benzene rings is 1. The topological polar surface area (TPSA) is 150 Å². The number of aliphatic hydroxyl groups excluding tert-OH is 2. The fourth-order valence-corrected chi connectivity index (χ4v) is 3.45. The van der Waals surface area contributed by atoms with Gasteiger partial charge in [0.2, 0.25) is 0 Å². The second kappa shape index (κ2) is 8.28. The number of carbonyl (C=O) groups excluding carboxylic acids is 2. The number of hydrogen-bond acceptors (Lipinski definition) is 9. The number of hydrogen-bond donors (Lipinski definition) is 3. The third-order valence-electron chi connectivity index (χ3n) is 5.06. The Morgan fingerprint density at radius 1 is 1.13 bits per heavy atom. The molecule has 4 atom stereocenters. The number of ether oxygens (including phenoxy) is 2. The Hall–Kier alpha value is -3.18. The lowest BCUT2D eigenvalue weighted by molar-refractivity contribution is -0.0682. The smallest absolute Gasteiger partial charge is 0.165 e. The lowest BCUT2D eigenvalue weighted by Gasteiger charge is -2.16. The molecule has 4 N–H and O–H groups in total. The zero-order chi connectivity index (χ0) is 21.3. The van der Waals surface area contributed by atoms with E-state index >= 15 is 0 Å². The van der Waals surface area contributed by atoms with E-state index < -0.39 is 24.5 Å². The lowest BCUT2D eigenvalue weighted by atomic mass is 10.1. The molecule has 10 heteroatoms. The Labute approximate surface area is 170 Å². The van der Waals surface area contributed by atoms with Crippen molar-refractivity contribution in [2.75, 3.05) is 12.3 Å². The molecular weight excluding hydrogens is 392 g/mol. The molecule has 3 heterocycles. The Morgan fingerprint density at radius 2 is 1.93 bits per heavy atom. The fourth-order valence-electron chi connectivity index (χ4n) is 3.45. The number of aldehydes is 2. The highest BCUT2D eigenvalue weighted by atomic mass is 16.6. The summed E-state index contributed by atoms with van der Waals surface area (Å²) in [6.45, 7) is 0.141. The SMILES string of the molecule is Nc1ccnc2c1ncn2C1OC(COCc2ccc(C=O)c(C=O)c2)C(O)C1O. The van der Waals surface area contributed by atoms with Crippen LogP contribution >= 0.6 is 0 Å². The van der Waals surface area contributed by atoms with Gasteiger partial charge in [0.15, 0.2) is 24.4 Å². The van der Waals surface area contributed by atoms with Crippen molar-refractivity contribution in [3.63, 3.8) is 0 Å². The summed E-state index contributed by atoms with van der Waals surface area (Å²) in [5.41, 5.74) is 8.51. The Morgan fingerprint density at radius 3 is 2.70 bits per heavy atom. The summed E-state index contributed by atoms with van der Waals surface area (Å²) >= 11 is 0. The molecule has 1 fully saturated rings. The number of rotatable bonds is 7. The van der Waals surface area contributed by atoms with Crippen LogP contribution in [0.3, 0.4) is 0 Å². The number of nitrogens with zero attached hydrogens (tertiary/aromatic N) is 3. The molecule has 4 unspecified atom stereocenters. The van der Waals surface area contributed by atoms with Crippen molar-refractivity contribution in [1.82, 2.24) is 14.5 Å². The number of pyridine rings is 1. The van der Waals surface area contributed by atoms with E-state index in [1.807, 2.05) is 0 Å². The Bertz CT molecular complexity index is 1080. The van der Waals surface area contributed by atoms with Crippen molar-refractivity contribution in [2.24, 2.45) is 0 Å².